The van der Waals surface area contributed by atoms with E-state index >= 15 is 0 Å². The molecular formula is C69H47BF10Zr. The van der Waals surface area contributed by atoms with Crippen LogP contribution < -0.4 is 5.46 Å². The van der Waals surface area contributed by atoms with E-state index in [0.717, 1.165) is 35.6 Å². The Labute approximate surface area is 483 Å². The van der Waals surface area contributed by atoms with Gasteiger partial charge < -0.3 is 0 Å². The van der Waals surface area contributed by atoms with Crippen molar-refractivity contribution >= 4 is 51.4 Å². The average molecular weight is 1170 g/mol. The van der Waals surface area contributed by atoms with Crippen molar-refractivity contribution in [2.45, 2.75) is 20.3 Å². The van der Waals surface area contributed by atoms with Crippen molar-refractivity contribution in [3.05, 3.63) is 334 Å². The van der Waals surface area contributed by atoms with Crippen LogP contribution in [0.25, 0.3) is 44.7 Å². The first-order valence-corrected chi connectivity index (χ1v) is 25.1. The largest absolute Gasteiger partial charge is 2.00 e. The Morgan fingerprint density at radius 1 is 0.494 bits per heavy atom. The maximum Gasteiger partial charge on any atom is 2.00 e. The smallest absolute Gasteiger partial charge is 0.164 e. The number of benzene rings is 9. The second-order valence-electron chi connectivity index (χ2n) is 18.0. The summed E-state index contributed by atoms with van der Waals surface area (Å²) in [6.45, 7) is 9.91. The predicted molar refractivity (Wildman–Crippen MR) is 305 cm³/mol. The zero-order valence-electron chi connectivity index (χ0n) is 43.7. The van der Waals surface area contributed by atoms with Gasteiger partial charge in [-0.15, -0.1) is 77.0 Å². The van der Waals surface area contributed by atoms with E-state index in [1.54, 1.807) is 0 Å². The van der Waals surface area contributed by atoms with E-state index in [-0.39, 0.29) is 48.4 Å². The number of hydrogen-bond acceptors (Lipinski definition) is 0. The summed E-state index contributed by atoms with van der Waals surface area (Å²) in [6.07, 6.45) is 7.01. The van der Waals surface area contributed by atoms with Gasteiger partial charge in [-0.1, -0.05) is 181 Å². The van der Waals surface area contributed by atoms with Gasteiger partial charge in [-0.25, -0.2) is 0 Å². The van der Waals surface area contributed by atoms with Crippen molar-refractivity contribution in [3.63, 3.8) is 0 Å². The van der Waals surface area contributed by atoms with Crippen molar-refractivity contribution in [1.29, 1.82) is 0 Å². The fraction of sp³-hybridized carbons (Fsp3) is 0.0435. The second-order valence-corrected chi connectivity index (χ2v) is 18.0. The third kappa shape index (κ3) is 13.1. The normalized spacial score (nSPS) is 12.3. The maximum absolute atomic E-state index is 14.5. The molecule has 0 saturated heterocycles. The van der Waals surface area contributed by atoms with Crippen molar-refractivity contribution < 1.29 is 70.1 Å². The number of fused-ring (bicyclic) bond motifs is 2. The number of rotatable bonds is 9. The van der Waals surface area contributed by atoms with Crippen molar-refractivity contribution in [1.82, 2.24) is 0 Å². The Morgan fingerprint density at radius 3 is 1.48 bits per heavy atom. The molecule has 0 nitrogen and oxygen atoms in total. The van der Waals surface area contributed by atoms with Gasteiger partial charge in [0.05, 0.1) is 0 Å². The summed E-state index contributed by atoms with van der Waals surface area (Å²) in [6, 6.07) is 68.8. The van der Waals surface area contributed by atoms with Crippen LogP contribution in [-0.2, 0) is 32.6 Å². The third-order valence-corrected chi connectivity index (χ3v) is 13.1. The van der Waals surface area contributed by atoms with E-state index in [2.05, 4.69) is 184 Å². The molecule has 0 atom stereocenters. The average Bonchev–Trinajstić information content (AvgIpc) is 4.12. The zero-order chi connectivity index (χ0) is 57.0. The Kier molecular flexibility index (Phi) is 20.6. The van der Waals surface area contributed by atoms with E-state index in [1.807, 2.05) is 30.3 Å². The quantitative estimate of drug-likeness (QED) is 0.0197. The molecule has 11 rings (SSSR count). The molecule has 0 bridgehead atoms. The Balaban J connectivity index is 0.000000179. The van der Waals surface area contributed by atoms with E-state index in [4.69, 9.17) is 0 Å². The van der Waals surface area contributed by atoms with Crippen LogP contribution in [0.2, 0.25) is 0 Å². The minimum Gasteiger partial charge on any atom is -0.164 e. The SMILES string of the molecule is C=C.CC1=C(c2c(F)c(F)c(F)c(F)c2F)c2ccccc2C1=Bc1c(F)c(F)c(F)c(F)c1F.CCc1cc2c(-c3ccccc3)cccc2[cH-]1.[C-](=C(C(=Cc1ccccc1)c1ccccc1)c1ccccc1)c1ccccc1.[Zr+2]. The van der Waals surface area contributed by atoms with Crippen LogP contribution in [0.15, 0.2) is 225 Å². The molecule has 81 heavy (non-hydrogen) atoms. The molecule has 400 valence electrons. The molecule has 0 heterocycles. The fourth-order valence-corrected chi connectivity index (χ4v) is 9.27. The van der Waals surface area contributed by atoms with Crippen molar-refractivity contribution in [2.24, 2.45) is 0 Å². The number of allylic oxidation sites excluding steroid dienone is 3. The molecule has 1 aliphatic carbocycles. The molecule has 12 heteroatoms. The van der Waals surface area contributed by atoms with E-state index in [1.165, 1.54) is 62.9 Å². The first-order valence-electron chi connectivity index (χ1n) is 25.1. The molecule has 10 aromatic carbocycles. The van der Waals surface area contributed by atoms with Gasteiger partial charge in [-0.3, -0.25) is 0 Å². The van der Waals surface area contributed by atoms with Gasteiger partial charge in [-0.05, 0) is 17.5 Å². The summed E-state index contributed by atoms with van der Waals surface area (Å²) >= 11 is 0. The molecule has 0 amide bonds. The van der Waals surface area contributed by atoms with Gasteiger partial charge in [0.1, 0.15) is 0 Å². The van der Waals surface area contributed by atoms with Crippen LogP contribution in [0.3, 0.4) is 0 Å². The van der Waals surface area contributed by atoms with Crippen LogP contribution in [0, 0.1) is 64.2 Å². The number of halogens is 10. The molecule has 0 unspecified atom stereocenters. The van der Waals surface area contributed by atoms with E-state index in [0.29, 0.717) is 6.92 Å². The monoisotopic (exact) mass is 1170 g/mol. The van der Waals surface area contributed by atoms with E-state index in [9.17, 15) is 43.9 Å². The maximum atomic E-state index is 14.5. The Bertz CT molecular complexity index is 3800. The molecule has 0 aromatic heterocycles. The third-order valence-electron chi connectivity index (χ3n) is 13.1. The summed E-state index contributed by atoms with van der Waals surface area (Å²) < 4.78 is 139. The molecule has 0 fully saturated rings. The first-order chi connectivity index (χ1) is 38.8. The van der Waals surface area contributed by atoms with Crippen molar-refractivity contribution in [2.75, 3.05) is 0 Å². The van der Waals surface area contributed by atoms with Gasteiger partial charge in [0, 0.05) is 0 Å². The number of aryl methyl sites for hydroxylation is 1. The van der Waals surface area contributed by atoms with Crippen molar-refractivity contribution in [3.8, 4) is 11.1 Å². The van der Waals surface area contributed by atoms with Crippen LogP contribution in [0.4, 0.5) is 43.9 Å². The minimum absolute atomic E-state index is 0. The molecule has 10 aromatic rings. The fourth-order valence-electron chi connectivity index (χ4n) is 9.27. The van der Waals surface area contributed by atoms with E-state index < -0.39 is 74.8 Å². The molecule has 0 aliphatic heterocycles. The van der Waals surface area contributed by atoms with Crippen LogP contribution >= 0.6 is 0 Å². The van der Waals surface area contributed by atoms with Gasteiger partial charge in [0.15, 0.2) is 0 Å². The zero-order valence-corrected chi connectivity index (χ0v) is 46.1. The Morgan fingerprint density at radius 2 is 0.938 bits per heavy atom. The first kappa shape index (κ1) is 60.3. The Hall–Kier alpha value is -8.33. The van der Waals surface area contributed by atoms with Crippen LogP contribution in [-0.4, -0.2) is 12.4 Å². The summed E-state index contributed by atoms with van der Waals surface area (Å²) in [7, 11) is 0. The molecule has 0 N–H and O–H groups in total. The standard InChI is InChI=1S/C28H21.C22H7BF10.C17H15.C2H4.Zr/c1-5-13-23(14-6-1)21-27(25-17-9-3-10-18-25)28(26-19-11-4-12-20-26)22-24-15-7-2-8-16-24;1-6-9(10-13(24)17(28)21(32)18(29)14(10)25)7-4-2-3-5-8(7)11(6)23-12-15(26)19(30)22(33)20(31)16(12)27;1-2-13-11-15-9-6-10-16(17(15)12-13)14-7-4-3-5-8-14;1-2;/h1-21H;2-5H,1H3;3-12H,2H2,1H3;1-2H2;/q-1;;-1;;+2. The van der Waals surface area contributed by atoms with Gasteiger partial charge in [-0.2, -0.15) is 6.07 Å². The molecule has 1 aliphatic rings. The molecular weight excluding hydrogens is 1120 g/mol. The van der Waals surface area contributed by atoms with Crippen LogP contribution in [0.1, 0.15) is 58.4 Å². The molecule has 0 saturated carbocycles. The van der Waals surface area contributed by atoms with Gasteiger partial charge >= 0.3 is 205 Å². The summed E-state index contributed by atoms with van der Waals surface area (Å²) in [5.41, 5.74) is 7.20. The topological polar surface area (TPSA) is 0 Å². The molecule has 0 spiro atoms. The van der Waals surface area contributed by atoms with Gasteiger partial charge in [0.2, 0.25) is 0 Å². The van der Waals surface area contributed by atoms with Gasteiger partial charge in [0.25, 0.3) is 0 Å². The number of hydrogen-bond donors (Lipinski definition) is 0. The van der Waals surface area contributed by atoms with Crippen LogP contribution in [0.5, 0.6) is 0 Å². The predicted octanol–water partition coefficient (Wildman–Crippen LogP) is 18.2. The summed E-state index contributed by atoms with van der Waals surface area (Å²) in [5.74, 6) is -22.2. The molecule has 0 radical (unpaired) electrons. The minimum atomic E-state index is -2.38. The second kappa shape index (κ2) is 27.7. The summed E-state index contributed by atoms with van der Waals surface area (Å²) in [4.78, 5) is 0. The summed E-state index contributed by atoms with van der Waals surface area (Å²) in [5, 5.41) is 2.72.